The SMILES string of the molecule is O=C1Nc2cc(Cl)cc(Cl)c2C(=O)C1(c1ccccc1)[N+](=O)[O-]. The van der Waals surface area contributed by atoms with Gasteiger partial charge in [-0.3, -0.25) is 19.7 Å². The molecule has 8 heteroatoms. The first kappa shape index (κ1) is 15.5. The lowest BCUT2D eigenvalue weighted by molar-refractivity contribution is -0.540. The molecule has 1 N–H and O–H groups in total. The Bertz CT molecular complexity index is 854. The van der Waals surface area contributed by atoms with E-state index in [1.165, 1.54) is 36.4 Å². The molecule has 0 aromatic heterocycles. The van der Waals surface area contributed by atoms with Crippen LogP contribution in [0.4, 0.5) is 5.69 Å². The van der Waals surface area contributed by atoms with E-state index in [0.29, 0.717) is 0 Å². The first-order chi connectivity index (χ1) is 10.9. The largest absolute Gasteiger partial charge is 0.385 e. The van der Waals surface area contributed by atoms with Crippen LogP contribution >= 0.6 is 23.2 Å². The molecule has 1 aliphatic heterocycles. The molecule has 1 unspecified atom stereocenters. The van der Waals surface area contributed by atoms with Gasteiger partial charge in [-0.25, -0.2) is 0 Å². The first-order valence-electron chi connectivity index (χ1n) is 6.44. The van der Waals surface area contributed by atoms with Crippen LogP contribution in [0.3, 0.4) is 0 Å². The van der Waals surface area contributed by atoms with E-state index in [1.807, 2.05) is 0 Å². The summed E-state index contributed by atoms with van der Waals surface area (Å²) in [6.45, 7) is 0. The van der Waals surface area contributed by atoms with E-state index >= 15 is 0 Å². The smallest absolute Gasteiger partial charge is 0.318 e. The second-order valence-corrected chi connectivity index (χ2v) is 5.77. The molecule has 1 heterocycles. The topological polar surface area (TPSA) is 89.3 Å². The number of halogens is 2. The third kappa shape index (κ3) is 2.10. The van der Waals surface area contributed by atoms with Crippen LogP contribution in [0.15, 0.2) is 42.5 Å². The summed E-state index contributed by atoms with van der Waals surface area (Å²) in [5, 5.41) is 14.3. The van der Waals surface area contributed by atoms with Crippen molar-refractivity contribution in [1.82, 2.24) is 0 Å². The van der Waals surface area contributed by atoms with Gasteiger partial charge in [0, 0.05) is 15.5 Å². The van der Waals surface area contributed by atoms with Crippen molar-refractivity contribution < 1.29 is 14.5 Å². The van der Waals surface area contributed by atoms with Gasteiger partial charge in [-0.15, -0.1) is 0 Å². The number of ketones is 1. The van der Waals surface area contributed by atoms with Gasteiger partial charge in [-0.1, -0.05) is 53.5 Å². The number of benzene rings is 2. The lowest BCUT2D eigenvalue weighted by Gasteiger charge is -2.29. The Morgan fingerprint density at radius 1 is 1.09 bits per heavy atom. The molecular formula is C15H8Cl2N2O4. The molecule has 0 bridgehead atoms. The van der Waals surface area contributed by atoms with Gasteiger partial charge in [0.2, 0.25) is 0 Å². The number of Topliss-reactive ketones (excluding diaryl/α,β-unsaturated/α-hetero) is 1. The second kappa shape index (κ2) is 5.33. The number of carbonyl (C=O) groups excluding carboxylic acids is 2. The Hall–Kier alpha value is -2.44. The summed E-state index contributed by atoms with van der Waals surface area (Å²) in [6.07, 6.45) is 0. The molecule has 3 rings (SSSR count). The highest BCUT2D eigenvalue weighted by atomic mass is 35.5. The van der Waals surface area contributed by atoms with Crippen molar-refractivity contribution >= 4 is 40.6 Å². The van der Waals surface area contributed by atoms with Gasteiger partial charge < -0.3 is 5.32 Å². The Morgan fingerprint density at radius 3 is 2.35 bits per heavy atom. The molecule has 6 nitrogen and oxygen atoms in total. The minimum absolute atomic E-state index is 0.0378. The average molecular weight is 351 g/mol. The number of hydrogen-bond donors (Lipinski definition) is 1. The molecule has 0 aliphatic carbocycles. The zero-order chi connectivity index (χ0) is 16.8. The van der Waals surface area contributed by atoms with Crippen LogP contribution in [0.2, 0.25) is 10.0 Å². The zero-order valence-electron chi connectivity index (χ0n) is 11.4. The van der Waals surface area contributed by atoms with Gasteiger partial charge in [0.05, 0.1) is 16.3 Å². The van der Waals surface area contributed by atoms with E-state index in [9.17, 15) is 19.7 Å². The van der Waals surface area contributed by atoms with E-state index < -0.39 is 22.2 Å². The summed E-state index contributed by atoms with van der Waals surface area (Å²) >= 11 is 11.9. The summed E-state index contributed by atoms with van der Waals surface area (Å²) < 4.78 is 0. The van der Waals surface area contributed by atoms with E-state index in [4.69, 9.17) is 23.2 Å². The normalized spacial score (nSPS) is 19.9. The van der Waals surface area contributed by atoms with E-state index in [2.05, 4.69) is 5.32 Å². The quantitative estimate of drug-likeness (QED) is 0.511. The number of nitro groups is 1. The van der Waals surface area contributed by atoms with E-state index in [0.717, 1.165) is 0 Å². The molecule has 0 fully saturated rings. The third-order valence-corrected chi connectivity index (χ3v) is 4.17. The van der Waals surface area contributed by atoms with Gasteiger partial charge >= 0.3 is 11.4 Å². The molecule has 116 valence electrons. The third-order valence-electron chi connectivity index (χ3n) is 3.65. The van der Waals surface area contributed by atoms with Crippen LogP contribution in [-0.2, 0) is 10.3 Å². The van der Waals surface area contributed by atoms with Crippen LogP contribution < -0.4 is 5.32 Å². The minimum Gasteiger partial charge on any atom is -0.318 e. The highest BCUT2D eigenvalue weighted by Crippen LogP contribution is 2.41. The maximum absolute atomic E-state index is 12.9. The number of fused-ring (bicyclic) bond motifs is 1. The van der Waals surface area contributed by atoms with Crippen LogP contribution in [0.1, 0.15) is 15.9 Å². The van der Waals surface area contributed by atoms with Crippen LogP contribution in [0.25, 0.3) is 0 Å². The van der Waals surface area contributed by atoms with Gasteiger partial charge in [0.25, 0.3) is 5.78 Å². The van der Waals surface area contributed by atoms with Crippen LogP contribution in [-0.4, -0.2) is 16.6 Å². The fourth-order valence-electron chi connectivity index (χ4n) is 2.61. The van der Waals surface area contributed by atoms with Gasteiger partial charge in [-0.2, -0.15) is 0 Å². The summed E-state index contributed by atoms with van der Waals surface area (Å²) in [4.78, 5) is 36.2. The van der Waals surface area contributed by atoms with Crippen molar-refractivity contribution in [3.05, 3.63) is 73.8 Å². The molecule has 0 spiro atoms. The van der Waals surface area contributed by atoms with Crippen molar-refractivity contribution in [2.45, 2.75) is 5.54 Å². The Morgan fingerprint density at radius 2 is 1.74 bits per heavy atom. The standard InChI is InChI=1S/C15H8Cl2N2O4/c16-9-6-10(17)12-11(7-9)18-14(21)15(13(12)20,19(22)23)8-4-2-1-3-5-8/h1-7H,(H,18,21). The number of nitrogens with zero attached hydrogens (tertiary/aromatic N) is 1. The minimum atomic E-state index is -2.58. The number of anilines is 1. The summed E-state index contributed by atoms with van der Waals surface area (Å²) in [5.41, 5.74) is -2.68. The fourth-order valence-corrected chi connectivity index (χ4v) is 3.19. The average Bonchev–Trinajstić information content (AvgIpc) is 2.47. The molecule has 0 saturated heterocycles. The molecule has 0 radical (unpaired) electrons. The van der Waals surface area contributed by atoms with Gasteiger partial charge in [0.1, 0.15) is 0 Å². The highest BCUT2D eigenvalue weighted by Gasteiger charge is 2.63. The predicted octanol–water partition coefficient (Wildman–Crippen LogP) is 3.30. The van der Waals surface area contributed by atoms with Crippen molar-refractivity contribution in [2.24, 2.45) is 0 Å². The maximum atomic E-state index is 12.9. The molecule has 23 heavy (non-hydrogen) atoms. The molecule has 2 aromatic carbocycles. The molecule has 1 amide bonds. The van der Waals surface area contributed by atoms with Crippen molar-refractivity contribution in [2.75, 3.05) is 5.32 Å². The van der Waals surface area contributed by atoms with E-state index in [-0.39, 0.29) is 26.9 Å². The number of nitrogens with one attached hydrogen (secondary N) is 1. The summed E-state index contributed by atoms with van der Waals surface area (Å²) in [7, 11) is 0. The monoisotopic (exact) mass is 350 g/mol. The number of carbonyl (C=O) groups is 2. The van der Waals surface area contributed by atoms with Gasteiger partial charge in [0.15, 0.2) is 0 Å². The van der Waals surface area contributed by atoms with Crippen LogP contribution in [0, 0.1) is 10.1 Å². The molecule has 1 aliphatic rings. The second-order valence-electron chi connectivity index (χ2n) is 4.93. The predicted molar refractivity (Wildman–Crippen MR) is 84.5 cm³/mol. The molecule has 2 aromatic rings. The first-order valence-corrected chi connectivity index (χ1v) is 7.20. The Kier molecular flexibility index (Phi) is 3.58. The Labute approximate surface area is 140 Å². The number of hydrogen-bond acceptors (Lipinski definition) is 4. The van der Waals surface area contributed by atoms with Gasteiger partial charge in [-0.05, 0) is 12.1 Å². The fraction of sp³-hybridized carbons (Fsp3) is 0.0667. The molecule has 0 saturated carbocycles. The van der Waals surface area contributed by atoms with Crippen LogP contribution in [0.5, 0.6) is 0 Å². The number of amides is 1. The zero-order valence-corrected chi connectivity index (χ0v) is 12.9. The summed E-state index contributed by atoms with van der Waals surface area (Å²) in [5.74, 6) is -2.04. The lowest BCUT2D eigenvalue weighted by atomic mass is 9.79. The van der Waals surface area contributed by atoms with E-state index in [1.54, 1.807) is 6.07 Å². The molecule has 1 atom stereocenters. The molecular weight excluding hydrogens is 343 g/mol. The highest BCUT2D eigenvalue weighted by molar-refractivity contribution is 6.40. The maximum Gasteiger partial charge on any atom is 0.385 e. The number of rotatable bonds is 2. The van der Waals surface area contributed by atoms with Crippen molar-refractivity contribution in [1.29, 1.82) is 0 Å². The Balaban J connectivity index is 2.33. The van der Waals surface area contributed by atoms with Crippen molar-refractivity contribution in [3.63, 3.8) is 0 Å². The lowest BCUT2D eigenvalue weighted by Crippen LogP contribution is -2.56. The summed E-state index contributed by atoms with van der Waals surface area (Å²) in [6, 6.07) is 9.99. The van der Waals surface area contributed by atoms with Crippen molar-refractivity contribution in [3.8, 4) is 0 Å².